The highest BCUT2D eigenvalue weighted by atomic mass is 32.3. The van der Waals surface area contributed by atoms with Gasteiger partial charge in [0.05, 0.1) is 18.9 Å². The third kappa shape index (κ3) is 5.06. The monoisotopic (exact) mass is 338 g/mol. The minimum atomic E-state index is -4.16. The zero-order valence-corrected chi connectivity index (χ0v) is 13.0. The Balaban J connectivity index is 0.000000286. The number of thiazole rings is 1. The molecule has 110 valence electrons. The van der Waals surface area contributed by atoms with E-state index in [1.54, 1.807) is 0 Å². The van der Waals surface area contributed by atoms with Gasteiger partial charge in [-0.15, -0.1) is 0 Å². The fraction of sp³-hybridized carbons (Fsp3) is 0.200. The maximum Gasteiger partial charge on any atom is 0.397 e. The van der Waals surface area contributed by atoms with Crippen molar-refractivity contribution in [3.05, 3.63) is 24.3 Å². The quantitative estimate of drug-likeness (QED) is 0.490. The molecule has 0 fully saturated rings. The average Bonchev–Trinajstić information content (AvgIpc) is 2.66. The van der Waals surface area contributed by atoms with Gasteiger partial charge in [0.25, 0.3) is 0 Å². The molecule has 0 spiro atoms. The van der Waals surface area contributed by atoms with E-state index < -0.39 is 15.7 Å². The Morgan fingerprint density at radius 2 is 1.95 bits per heavy atom. The van der Waals surface area contributed by atoms with E-state index in [1.165, 1.54) is 11.3 Å². The van der Waals surface area contributed by atoms with Crippen molar-refractivity contribution < 1.29 is 31.6 Å². The zero-order chi connectivity index (χ0) is 15.3. The topological polar surface area (TPSA) is 105 Å². The highest BCUT2D eigenvalue weighted by Crippen LogP contribution is 2.27. The van der Waals surface area contributed by atoms with Crippen molar-refractivity contribution in [1.82, 2.24) is 0 Å². The summed E-state index contributed by atoms with van der Waals surface area (Å²) in [6.45, 7) is 0. The third-order valence-electron chi connectivity index (χ3n) is 2.08. The summed E-state index contributed by atoms with van der Waals surface area (Å²) < 4.78 is 33.5. The summed E-state index contributed by atoms with van der Waals surface area (Å²) in [5.41, 5.74) is 1.07. The van der Waals surface area contributed by atoms with Crippen LogP contribution in [0.15, 0.2) is 28.6 Å². The first-order chi connectivity index (χ1) is 9.24. The molecule has 0 aliphatic rings. The molecule has 2 N–H and O–H groups in total. The summed E-state index contributed by atoms with van der Waals surface area (Å²) in [4.78, 5) is 10.6. The molecular formula is C10H12NO6S3+. The molecular weight excluding hydrogens is 326 g/mol. The van der Waals surface area contributed by atoms with Crippen molar-refractivity contribution in [2.45, 2.75) is 4.34 Å². The van der Waals surface area contributed by atoms with Crippen molar-refractivity contribution in [3.63, 3.8) is 0 Å². The Morgan fingerprint density at radius 3 is 2.40 bits per heavy atom. The van der Waals surface area contributed by atoms with Gasteiger partial charge in [-0.25, -0.2) is 4.79 Å². The Morgan fingerprint density at radius 1 is 1.40 bits per heavy atom. The van der Waals surface area contributed by atoms with E-state index in [0.29, 0.717) is 0 Å². The number of para-hydroxylation sites is 1. The van der Waals surface area contributed by atoms with E-state index in [0.717, 1.165) is 33.4 Å². The van der Waals surface area contributed by atoms with Gasteiger partial charge >= 0.3 is 20.0 Å². The van der Waals surface area contributed by atoms with Crippen LogP contribution in [0.4, 0.5) is 4.79 Å². The molecule has 0 atom stereocenters. The molecule has 0 unspecified atom stereocenters. The van der Waals surface area contributed by atoms with Crippen LogP contribution in [0.1, 0.15) is 0 Å². The van der Waals surface area contributed by atoms with Crippen molar-refractivity contribution in [3.8, 4) is 0 Å². The minimum Gasteiger partial charge on any atom is -0.473 e. The van der Waals surface area contributed by atoms with Crippen LogP contribution in [-0.4, -0.2) is 30.5 Å². The summed E-state index contributed by atoms with van der Waals surface area (Å²) in [5.74, 6) is 0. The molecule has 0 saturated carbocycles. The molecule has 2 rings (SSSR count). The zero-order valence-electron chi connectivity index (χ0n) is 10.5. The van der Waals surface area contributed by atoms with E-state index in [4.69, 9.17) is 9.66 Å². The van der Waals surface area contributed by atoms with E-state index in [-0.39, 0.29) is 0 Å². The van der Waals surface area contributed by atoms with E-state index in [2.05, 4.69) is 4.18 Å². The summed E-state index contributed by atoms with van der Waals surface area (Å²) in [6.07, 6.45) is 0. The normalized spacial score (nSPS) is 10.9. The van der Waals surface area contributed by atoms with Crippen molar-refractivity contribution in [2.75, 3.05) is 7.11 Å². The Labute approximate surface area is 123 Å². The maximum absolute atomic E-state index is 10.6. The first-order valence-electron chi connectivity index (χ1n) is 5.06. The molecule has 0 aliphatic carbocycles. The third-order valence-corrected chi connectivity index (χ3v) is 4.64. The van der Waals surface area contributed by atoms with Gasteiger partial charge in [-0.2, -0.15) is 13.0 Å². The van der Waals surface area contributed by atoms with Crippen LogP contribution in [0.3, 0.4) is 0 Å². The minimum absolute atomic E-state index is 0.790. The first kappa shape index (κ1) is 16.9. The lowest BCUT2D eigenvalue weighted by Gasteiger charge is -1.86. The van der Waals surface area contributed by atoms with Crippen LogP contribution in [0.25, 0.3) is 10.2 Å². The lowest BCUT2D eigenvalue weighted by atomic mass is 10.3. The highest BCUT2D eigenvalue weighted by molar-refractivity contribution is 8.14. The van der Waals surface area contributed by atoms with E-state index in [9.17, 15) is 13.2 Å². The van der Waals surface area contributed by atoms with Crippen LogP contribution in [0.5, 0.6) is 0 Å². The second-order valence-electron chi connectivity index (χ2n) is 3.36. The number of thioether (sulfide) groups is 1. The summed E-state index contributed by atoms with van der Waals surface area (Å²) in [5, 5.41) is 7.80. The summed E-state index contributed by atoms with van der Waals surface area (Å²) >= 11 is 2.35. The number of carbonyl (C=O) groups is 1. The molecule has 0 aliphatic heterocycles. The highest BCUT2D eigenvalue weighted by Gasteiger charge is 2.19. The van der Waals surface area contributed by atoms with Crippen molar-refractivity contribution >= 4 is 49.0 Å². The van der Waals surface area contributed by atoms with Crippen LogP contribution in [-0.2, 0) is 21.6 Å². The molecule has 7 nitrogen and oxygen atoms in total. The summed E-state index contributed by atoms with van der Waals surface area (Å²) in [6, 6.07) is 7.88. The largest absolute Gasteiger partial charge is 0.473 e. The first-order valence-corrected chi connectivity index (χ1v) is 8.05. The number of carboxylic acid groups (broad SMARTS) is 1. The Kier molecular flexibility index (Phi) is 5.89. The molecule has 1 aromatic carbocycles. The predicted octanol–water partition coefficient (Wildman–Crippen LogP) is 1.93. The fourth-order valence-corrected chi connectivity index (χ4v) is 3.16. The van der Waals surface area contributed by atoms with Gasteiger partial charge < -0.3 is 5.11 Å². The number of aryl methyl sites for hydroxylation is 1. The van der Waals surface area contributed by atoms with Crippen LogP contribution in [0.2, 0.25) is 0 Å². The number of aromatic nitrogens is 1. The number of rotatable bonds is 2. The molecule has 0 saturated heterocycles. The van der Waals surface area contributed by atoms with E-state index >= 15 is 0 Å². The maximum atomic E-state index is 10.6. The van der Waals surface area contributed by atoms with Gasteiger partial charge in [-0.05, 0) is 6.07 Å². The lowest BCUT2D eigenvalue weighted by molar-refractivity contribution is -0.676. The number of hydrogen-bond donors (Lipinski definition) is 2. The lowest BCUT2D eigenvalue weighted by Crippen LogP contribution is -2.28. The molecule has 10 heteroatoms. The van der Waals surface area contributed by atoms with Gasteiger partial charge in [0.1, 0.15) is 11.7 Å². The Bertz CT molecular complexity index is 709. The second-order valence-corrected chi connectivity index (χ2v) is 6.78. The van der Waals surface area contributed by atoms with Crippen LogP contribution < -0.4 is 4.57 Å². The number of benzene rings is 1. The molecule has 1 heterocycles. The summed E-state index contributed by atoms with van der Waals surface area (Å²) in [7, 11) is -1.41. The SMILES string of the molecule is COS(=O)(=O)O.C[n+]1c(SC(=O)O)sc2ccccc21. The van der Waals surface area contributed by atoms with Crippen molar-refractivity contribution in [1.29, 1.82) is 0 Å². The molecule has 0 amide bonds. The second kappa shape index (κ2) is 6.99. The van der Waals surface area contributed by atoms with Gasteiger partial charge in [0.15, 0.2) is 0 Å². The fourth-order valence-electron chi connectivity index (χ4n) is 1.25. The van der Waals surface area contributed by atoms with Crippen LogP contribution >= 0.6 is 23.1 Å². The molecule has 1 aromatic heterocycles. The number of nitrogens with zero attached hydrogens (tertiary/aromatic N) is 1. The Hall–Kier alpha value is -1.20. The number of hydrogen-bond acceptors (Lipinski definition) is 6. The number of fused-ring (bicyclic) bond motifs is 1. The van der Waals surface area contributed by atoms with Crippen molar-refractivity contribution in [2.24, 2.45) is 7.05 Å². The molecule has 20 heavy (non-hydrogen) atoms. The molecule has 0 radical (unpaired) electrons. The van der Waals surface area contributed by atoms with Gasteiger partial charge in [0, 0.05) is 6.07 Å². The van der Waals surface area contributed by atoms with Gasteiger partial charge in [0.2, 0.25) is 5.52 Å². The average molecular weight is 338 g/mol. The van der Waals surface area contributed by atoms with E-state index in [1.807, 2.05) is 35.9 Å². The van der Waals surface area contributed by atoms with Gasteiger partial charge in [-0.3, -0.25) is 8.74 Å². The van der Waals surface area contributed by atoms with Crippen LogP contribution in [0, 0.1) is 0 Å². The molecule has 0 bridgehead atoms. The molecule has 2 aromatic rings. The van der Waals surface area contributed by atoms with Gasteiger partial charge in [-0.1, -0.05) is 23.5 Å². The smallest absolute Gasteiger partial charge is 0.397 e. The predicted molar refractivity (Wildman–Crippen MR) is 75.4 cm³/mol. The standard InChI is InChI=1S/C9H7NO2S2.CH4O4S/c1-10-6-4-2-3-5-7(6)13-8(10)14-9(11)12;1-5-6(2,3)4/h2-5H,1H3;1H3,(H,2,3,4)/p+1.